The third-order valence-corrected chi connectivity index (χ3v) is 5.72. The number of nitrogens with zero attached hydrogens (tertiary/aromatic N) is 3. The van der Waals surface area contributed by atoms with Crippen LogP contribution in [0.2, 0.25) is 0 Å². The van der Waals surface area contributed by atoms with Gasteiger partial charge in [-0.25, -0.2) is 14.2 Å². The predicted molar refractivity (Wildman–Crippen MR) is 122 cm³/mol. The molecule has 0 fully saturated rings. The fourth-order valence-electron chi connectivity index (χ4n) is 2.86. The molecule has 4 rings (SSSR count). The molecule has 11 heteroatoms. The highest BCUT2D eigenvalue weighted by Gasteiger charge is 2.16. The minimum Gasteiger partial charge on any atom is -0.422 e. The van der Waals surface area contributed by atoms with Crippen LogP contribution in [0.1, 0.15) is 5.01 Å². The van der Waals surface area contributed by atoms with Gasteiger partial charge in [0.2, 0.25) is 0 Å². The van der Waals surface area contributed by atoms with Crippen LogP contribution in [0.4, 0.5) is 15.8 Å². The van der Waals surface area contributed by atoms with Gasteiger partial charge < -0.3 is 9.73 Å². The van der Waals surface area contributed by atoms with Gasteiger partial charge in [0.1, 0.15) is 33.7 Å². The molecule has 0 radical (unpaired) electrons. The van der Waals surface area contributed by atoms with E-state index in [-0.39, 0.29) is 21.8 Å². The van der Waals surface area contributed by atoms with Gasteiger partial charge >= 0.3 is 5.63 Å². The first-order chi connectivity index (χ1) is 15.4. The van der Waals surface area contributed by atoms with Gasteiger partial charge in [-0.15, -0.1) is 11.3 Å². The molecule has 0 atom stereocenters. The molecule has 8 nitrogen and oxygen atoms in total. The molecule has 0 unspecified atom stereocenters. The maximum Gasteiger partial charge on any atom is 0.345 e. The number of nitro groups is 1. The zero-order chi connectivity index (χ0) is 22.8. The lowest BCUT2D eigenvalue weighted by molar-refractivity contribution is -0.384. The van der Waals surface area contributed by atoms with E-state index in [0.717, 1.165) is 27.9 Å². The summed E-state index contributed by atoms with van der Waals surface area (Å²) in [7, 11) is 0. The van der Waals surface area contributed by atoms with Crippen LogP contribution in [0.3, 0.4) is 0 Å². The number of allylic oxidation sites excluding steroid dienone is 1. The molecule has 0 aliphatic carbocycles. The lowest BCUT2D eigenvalue weighted by Gasteiger charge is -2.03. The Kier molecular flexibility index (Phi) is 5.81. The van der Waals surface area contributed by atoms with Gasteiger partial charge in [-0.05, 0) is 36.4 Å². The zero-order valence-corrected chi connectivity index (χ0v) is 18.2. The van der Waals surface area contributed by atoms with Gasteiger partial charge in [0.15, 0.2) is 0 Å². The molecule has 0 amide bonds. The van der Waals surface area contributed by atoms with E-state index >= 15 is 0 Å². The van der Waals surface area contributed by atoms with E-state index in [9.17, 15) is 24.6 Å². The quantitative estimate of drug-likeness (QED) is 0.157. The molecule has 0 saturated carbocycles. The Bertz CT molecular complexity index is 1510. The van der Waals surface area contributed by atoms with Crippen molar-refractivity contribution < 1.29 is 13.7 Å². The van der Waals surface area contributed by atoms with Crippen LogP contribution < -0.4 is 10.9 Å². The van der Waals surface area contributed by atoms with Crippen LogP contribution in [0, 0.1) is 27.3 Å². The molecule has 32 heavy (non-hydrogen) atoms. The number of fused-ring (bicyclic) bond motifs is 1. The van der Waals surface area contributed by atoms with Crippen LogP contribution in [-0.2, 0) is 0 Å². The van der Waals surface area contributed by atoms with Crippen LogP contribution in [0.25, 0.3) is 27.8 Å². The Morgan fingerprint density at radius 2 is 2.12 bits per heavy atom. The number of thiazole rings is 1. The Balaban J connectivity index is 1.68. The van der Waals surface area contributed by atoms with Crippen molar-refractivity contribution in [2.45, 2.75) is 0 Å². The maximum absolute atomic E-state index is 13.3. The van der Waals surface area contributed by atoms with E-state index in [4.69, 9.17) is 4.42 Å². The van der Waals surface area contributed by atoms with E-state index < -0.39 is 22.1 Å². The standard InChI is InChI=1S/C21H10BrFN4O4S/c22-13-1-4-19-11(5-13)6-15(21(28)31-19)17-10-32-20(26-17)12(8-24)9-25-16-3-2-14(23)7-18(16)27(29)30/h1-7,9-10,25H/b12-9-. The van der Waals surface area contributed by atoms with Gasteiger partial charge in [0.05, 0.1) is 22.2 Å². The third kappa shape index (κ3) is 4.27. The smallest absolute Gasteiger partial charge is 0.345 e. The number of nitriles is 1. The van der Waals surface area contributed by atoms with E-state index in [1.165, 1.54) is 12.3 Å². The summed E-state index contributed by atoms with van der Waals surface area (Å²) in [6.45, 7) is 0. The summed E-state index contributed by atoms with van der Waals surface area (Å²) in [5, 5.41) is 25.9. The van der Waals surface area contributed by atoms with Crippen LogP contribution in [0.15, 0.2) is 67.7 Å². The summed E-state index contributed by atoms with van der Waals surface area (Å²) in [5.74, 6) is -0.752. The molecular weight excluding hydrogens is 503 g/mol. The van der Waals surface area contributed by atoms with E-state index in [1.807, 2.05) is 6.07 Å². The van der Waals surface area contributed by atoms with Crippen molar-refractivity contribution in [3.05, 3.63) is 89.9 Å². The largest absolute Gasteiger partial charge is 0.422 e. The molecule has 0 saturated heterocycles. The van der Waals surface area contributed by atoms with Gasteiger partial charge in [0.25, 0.3) is 5.69 Å². The van der Waals surface area contributed by atoms with Crippen molar-refractivity contribution in [2.75, 3.05) is 5.32 Å². The maximum atomic E-state index is 13.3. The van der Waals surface area contributed by atoms with E-state index in [1.54, 1.807) is 29.6 Å². The molecule has 2 aromatic carbocycles. The Labute approximate surface area is 191 Å². The highest BCUT2D eigenvalue weighted by Crippen LogP contribution is 2.29. The van der Waals surface area contributed by atoms with Gasteiger partial charge in [-0.3, -0.25) is 10.1 Å². The lowest BCUT2D eigenvalue weighted by Crippen LogP contribution is -2.03. The van der Waals surface area contributed by atoms with Crippen molar-refractivity contribution in [3.63, 3.8) is 0 Å². The fraction of sp³-hybridized carbons (Fsp3) is 0. The first kappa shape index (κ1) is 21.4. The molecule has 4 aromatic rings. The minimum absolute atomic E-state index is 0.0154. The van der Waals surface area contributed by atoms with Crippen LogP contribution in [0.5, 0.6) is 0 Å². The monoisotopic (exact) mass is 512 g/mol. The fourth-order valence-corrected chi connectivity index (χ4v) is 4.03. The molecule has 2 aromatic heterocycles. The topological polar surface area (TPSA) is 122 Å². The van der Waals surface area contributed by atoms with Gasteiger partial charge in [-0.2, -0.15) is 5.26 Å². The average Bonchev–Trinajstić information content (AvgIpc) is 3.24. The second kappa shape index (κ2) is 8.70. The molecule has 0 aliphatic rings. The summed E-state index contributed by atoms with van der Waals surface area (Å²) in [6.07, 6.45) is 1.24. The first-order valence-corrected chi connectivity index (χ1v) is 10.5. The SMILES string of the molecule is N#C/C(=C/Nc1ccc(F)cc1[N+](=O)[O-])c1nc(-c2cc3cc(Br)ccc3oc2=O)cs1. The first-order valence-electron chi connectivity index (χ1n) is 8.86. The minimum atomic E-state index is -0.752. The van der Waals surface area contributed by atoms with Crippen molar-refractivity contribution in [1.29, 1.82) is 5.26 Å². The number of hydrogen-bond acceptors (Lipinski definition) is 8. The van der Waals surface area contributed by atoms with Crippen molar-refractivity contribution >= 4 is 55.2 Å². The molecule has 1 N–H and O–H groups in total. The second-order valence-electron chi connectivity index (χ2n) is 6.40. The van der Waals surface area contributed by atoms with Crippen molar-refractivity contribution in [1.82, 2.24) is 4.98 Å². The van der Waals surface area contributed by atoms with Gasteiger partial charge in [-0.1, -0.05) is 15.9 Å². The Hall–Kier alpha value is -3.88. The van der Waals surface area contributed by atoms with Crippen molar-refractivity contribution in [3.8, 4) is 17.3 Å². The summed E-state index contributed by atoms with van der Waals surface area (Å²) < 4.78 is 19.5. The average molecular weight is 513 g/mol. The molecule has 0 aliphatic heterocycles. The summed E-state index contributed by atoms with van der Waals surface area (Å²) in [4.78, 5) is 27.1. The van der Waals surface area contributed by atoms with E-state index in [0.29, 0.717) is 16.7 Å². The lowest BCUT2D eigenvalue weighted by atomic mass is 10.1. The number of rotatable bonds is 5. The van der Waals surface area contributed by atoms with Crippen molar-refractivity contribution in [2.24, 2.45) is 0 Å². The normalized spacial score (nSPS) is 11.3. The number of nitro benzene ring substituents is 1. The molecule has 0 bridgehead atoms. The van der Waals surface area contributed by atoms with Gasteiger partial charge in [0, 0.05) is 21.4 Å². The number of benzene rings is 2. The Morgan fingerprint density at radius 1 is 1.31 bits per heavy atom. The number of halogens is 2. The second-order valence-corrected chi connectivity index (χ2v) is 8.17. The molecular formula is C21H10BrFN4O4S. The predicted octanol–water partition coefficient (Wildman–Crippen LogP) is 5.70. The Morgan fingerprint density at radius 3 is 2.88 bits per heavy atom. The molecule has 158 valence electrons. The highest BCUT2D eigenvalue weighted by molar-refractivity contribution is 9.10. The number of anilines is 1. The summed E-state index contributed by atoms with van der Waals surface area (Å²) >= 11 is 4.49. The highest BCUT2D eigenvalue weighted by atomic mass is 79.9. The zero-order valence-electron chi connectivity index (χ0n) is 15.8. The number of aromatic nitrogens is 1. The molecule has 2 heterocycles. The summed E-state index contributed by atoms with van der Waals surface area (Å²) in [6, 6.07) is 11.9. The van der Waals surface area contributed by atoms with E-state index in [2.05, 4.69) is 26.2 Å². The summed E-state index contributed by atoms with van der Waals surface area (Å²) in [5.41, 5.74) is 0.0409. The number of nitrogens with one attached hydrogen (secondary N) is 1. The van der Waals surface area contributed by atoms with Crippen LogP contribution in [-0.4, -0.2) is 9.91 Å². The molecule has 0 spiro atoms. The third-order valence-electron chi connectivity index (χ3n) is 4.35. The van der Waals surface area contributed by atoms with Crippen LogP contribution >= 0.6 is 27.3 Å². The number of hydrogen-bond donors (Lipinski definition) is 1.